The lowest BCUT2D eigenvalue weighted by Crippen LogP contribution is -2.27. The zero-order chi connectivity index (χ0) is 8.85. The smallest absolute Gasteiger partial charge is 0.0658 e. The molecule has 0 aromatic heterocycles. The molecule has 0 aromatic rings. The van der Waals surface area contributed by atoms with Crippen LogP contribution in [0.1, 0.15) is 13.8 Å². The minimum absolute atomic E-state index is 0.0138. The molecule has 0 fully saturated rings. The minimum atomic E-state index is -0.830. The van der Waals surface area contributed by atoms with E-state index in [0.29, 0.717) is 11.5 Å². The Morgan fingerprint density at radius 1 is 1.45 bits per heavy atom. The van der Waals surface area contributed by atoms with Crippen molar-refractivity contribution in [1.82, 2.24) is 0 Å². The average Bonchev–Trinajstić information content (AvgIpc) is 1.85. The SMILES string of the molecule is COC(C)CS(=O)CC(C)N. The molecule has 3 atom stereocenters. The van der Waals surface area contributed by atoms with Crippen molar-refractivity contribution >= 4 is 10.8 Å². The first-order valence-corrected chi connectivity index (χ1v) is 5.18. The molecule has 0 aliphatic heterocycles. The molecule has 0 aromatic carbocycles. The van der Waals surface area contributed by atoms with E-state index in [2.05, 4.69) is 0 Å². The van der Waals surface area contributed by atoms with Gasteiger partial charge in [-0.25, -0.2) is 0 Å². The Kier molecular flexibility index (Phi) is 5.72. The second-order valence-electron chi connectivity index (χ2n) is 2.80. The minimum Gasteiger partial charge on any atom is -0.381 e. The van der Waals surface area contributed by atoms with Crippen LogP contribution in [0.4, 0.5) is 0 Å². The van der Waals surface area contributed by atoms with E-state index in [-0.39, 0.29) is 12.1 Å². The predicted octanol–water partition coefficient (Wildman–Crippen LogP) is 0.117. The first-order valence-electron chi connectivity index (χ1n) is 3.69. The Morgan fingerprint density at radius 3 is 2.36 bits per heavy atom. The molecule has 0 amide bonds. The molecule has 3 unspecified atom stereocenters. The van der Waals surface area contributed by atoms with Gasteiger partial charge in [-0.1, -0.05) is 0 Å². The van der Waals surface area contributed by atoms with Crippen LogP contribution in [0.5, 0.6) is 0 Å². The summed E-state index contributed by atoms with van der Waals surface area (Å²) in [7, 11) is 0.789. The predicted molar refractivity (Wildman–Crippen MR) is 48.0 cm³/mol. The maximum Gasteiger partial charge on any atom is 0.0658 e. The van der Waals surface area contributed by atoms with Gasteiger partial charge in [0, 0.05) is 35.5 Å². The molecule has 0 rings (SSSR count). The zero-order valence-corrected chi connectivity index (χ0v) is 8.19. The first kappa shape index (κ1) is 11.1. The summed E-state index contributed by atoms with van der Waals surface area (Å²) in [6, 6.07) is 0.0138. The highest BCUT2D eigenvalue weighted by Gasteiger charge is 2.07. The number of hydrogen-bond acceptors (Lipinski definition) is 3. The van der Waals surface area contributed by atoms with Crippen LogP contribution in [0, 0.1) is 0 Å². The molecule has 2 N–H and O–H groups in total. The molecule has 0 spiro atoms. The molecule has 0 aliphatic carbocycles. The topological polar surface area (TPSA) is 52.3 Å². The standard InChI is InChI=1S/C7H17NO2S/c1-6(8)4-11(9)5-7(2)10-3/h6-7H,4-5,8H2,1-3H3. The number of hydrogen-bond donors (Lipinski definition) is 1. The molecule has 4 heteroatoms. The lowest BCUT2D eigenvalue weighted by atomic mass is 10.4. The van der Waals surface area contributed by atoms with Gasteiger partial charge in [0.1, 0.15) is 0 Å². The number of ether oxygens (including phenoxy) is 1. The van der Waals surface area contributed by atoms with Gasteiger partial charge < -0.3 is 10.5 Å². The van der Waals surface area contributed by atoms with Crippen LogP contribution in [0.3, 0.4) is 0 Å². The van der Waals surface area contributed by atoms with Crippen LogP contribution in [-0.4, -0.2) is 35.0 Å². The molecular formula is C7H17NO2S. The van der Waals surface area contributed by atoms with Crippen LogP contribution in [0.25, 0.3) is 0 Å². The van der Waals surface area contributed by atoms with Crippen molar-refractivity contribution in [2.45, 2.75) is 26.0 Å². The lowest BCUT2D eigenvalue weighted by Gasteiger charge is -2.09. The third-order valence-electron chi connectivity index (χ3n) is 1.27. The van der Waals surface area contributed by atoms with Gasteiger partial charge in [-0.3, -0.25) is 4.21 Å². The summed E-state index contributed by atoms with van der Waals surface area (Å²) in [5, 5.41) is 0. The fraction of sp³-hybridized carbons (Fsp3) is 1.00. The van der Waals surface area contributed by atoms with Gasteiger partial charge in [0.25, 0.3) is 0 Å². The third kappa shape index (κ3) is 6.47. The van der Waals surface area contributed by atoms with Gasteiger partial charge in [-0.2, -0.15) is 0 Å². The summed E-state index contributed by atoms with van der Waals surface area (Å²) in [6.45, 7) is 3.76. The Balaban J connectivity index is 3.52. The van der Waals surface area contributed by atoms with Gasteiger partial charge >= 0.3 is 0 Å². The molecule has 68 valence electrons. The highest BCUT2D eigenvalue weighted by atomic mass is 32.2. The van der Waals surface area contributed by atoms with Crippen molar-refractivity contribution in [3.8, 4) is 0 Å². The normalized spacial score (nSPS) is 19.3. The van der Waals surface area contributed by atoms with E-state index in [1.54, 1.807) is 7.11 Å². The largest absolute Gasteiger partial charge is 0.381 e. The fourth-order valence-corrected chi connectivity index (χ4v) is 2.07. The number of rotatable bonds is 5. The third-order valence-corrected chi connectivity index (χ3v) is 3.01. The summed E-state index contributed by atoms with van der Waals surface area (Å²) in [5.74, 6) is 1.14. The van der Waals surface area contributed by atoms with Crippen molar-refractivity contribution in [1.29, 1.82) is 0 Å². The number of nitrogens with two attached hydrogens (primary N) is 1. The maximum atomic E-state index is 11.2. The molecule has 0 radical (unpaired) electrons. The van der Waals surface area contributed by atoms with E-state index in [1.807, 2.05) is 13.8 Å². The van der Waals surface area contributed by atoms with Crippen molar-refractivity contribution in [3.63, 3.8) is 0 Å². The highest BCUT2D eigenvalue weighted by molar-refractivity contribution is 7.85. The van der Waals surface area contributed by atoms with Gasteiger partial charge in [-0.05, 0) is 13.8 Å². The van der Waals surface area contributed by atoms with E-state index in [1.165, 1.54) is 0 Å². The van der Waals surface area contributed by atoms with Gasteiger partial charge in [0.15, 0.2) is 0 Å². The fourth-order valence-electron chi connectivity index (χ4n) is 0.691. The van der Waals surface area contributed by atoms with Crippen molar-refractivity contribution < 1.29 is 8.95 Å². The molecule has 11 heavy (non-hydrogen) atoms. The number of methoxy groups -OCH3 is 1. The van der Waals surface area contributed by atoms with E-state index >= 15 is 0 Å². The van der Waals surface area contributed by atoms with E-state index in [0.717, 1.165) is 0 Å². The van der Waals surface area contributed by atoms with Crippen LogP contribution in [0.2, 0.25) is 0 Å². The quantitative estimate of drug-likeness (QED) is 0.652. The molecule has 0 heterocycles. The zero-order valence-electron chi connectivity index (χ0n) is 7.37. The Labute approximate surface area is 70.8 Å². The van der Waals surface area contributed by atoms with Crippen LogP contribution in [0.15, 0.2) is 0 Å². The molecule has 3 nitrogen and oxygen atoms in total. The lowest BCUT2D eigenvalue weighted by molar-refractivity contribution is 0.137. The van der Waals surface area contributed by atoms with E-state index in [4.69, 9.17) is 10.5 Å². The van der Waals surface area contributed by atoms with Gasteiger partial charge in [0.2, 0.25) is 0 Å². The monoisotopic (exact) mass is 179 g/mol. The summed E-state index contributed by atoms with van der Waals surface area (Å²) in [5.41, 5.74) is 5.48. The van der Waals surface area contributed by atoms with E-state index < -0.39 is 10.8 Å². The summed E-state index contributed by atoms with van der Waals surface area (Å²) < 4.78 is 16.1. The maximum absolute atomic E-state index is 11.2. The molecule has 0 saturated carbocycles. The van der Waals surface area contributed by atoms with Crippen LogP contribution in [-0.2, 0) is 15.5 Å². The Morgan fingerprint density at radius 2 is 2.00 bits per heavy atom. The second kappa shape index (κ2) is 5.69. The van der Waals surface area contributed by atoms with Gasteiger partial charge in [-0.15, -0.1) is 0 Å². The Hall–Kier alpha value is 0.0700. The molecule has 0 aliphatic rings. The molecule has 0 bridgehead atoms. The summed E-state index contributed by atoms with van der Waals surface area (Å²) in [6.07, 6.45) is 0.0644. The Bertz CT molecular complexity index is 128. The first-order chi connectivity index (χ1) is 5.06. The highest BCUT2D eigenvalue weighted by Crippen LogP contribution is 1.94. The average molecular weight is 179 g/mol. The molecule has 0 saturated heterocycles. The van der Waals surface area contributed by atoms with Crippen LogP contribution < -0.4 is 5.73 Å². The van der Waals surface area contributed by atoms with E-state index in [9.17, 15) is 4.21 Å². The van der Waals surface area contributed by atoms with Crippen molar-refractivity contribution in [3.05, 3.63) is 0 Å². The van der Waals surface area contributed by atoms with Gasteiger partial charge in [0.05, 0.1) is 6.10 Å². The molecular weight excluding hydrogens is 162 g/mol. The van der Waals surface area contributed by atoms with Crippen molar-refractivity contribution in [2.75, 3.05) is 18.6 Å². The summed E-state index contributed by atoms with van der Waals surface area (Å²) in [4.78, 5) is 0. The second-order valence-corrected chi connectivity index (χ2v) is 4.34. The summed E-state index contributed by atoms with van der Waals surface area (Å²) >= 11 is 0. The van der Waals surface area contributed by atoms with Crippen LogP contribution >= 0.6 is 0 Å². The van der Waals surface area contributed by atoms with Crippen molar-refractivity contribution in [2.24, 2.45) is 5.73 Å².